The molecule has 1 atom stereocenters. The molecule has 11 heavy (non-hydrogen) atoms. The third-order valence-electron chi connectivity index (χ3n) is 1.79. The lowest BCUT2D eigenvalue weighted by molar-refractivity contribution is 0.159. The molecule has 3 heteroatoms. The van der Waals surface area contributed by atoms with Crippen LogP contribution in [0, 0.1) is 0 Å². The number of piperidine rings is 1. The van der Waals surface area contributed by atoms with E-state index >= 15 is 0 Å². The molecule has 0 bridgehead atoms. The largest absolute Gasteiger partial charge is 0.396 e. The Morgan fingerprint density at radius 2 is 2.55 bits per heavy atom. The second-order valence-corrected chi connectivity index (χ2v) is 2.73. The summed E-state index contributed by atoms with van der Waals surface area (Å²) in [6.45, 7) is 3.71. The van der Waals surface area contributed by atoms with Gasteiger partial charge in [-0.3, -0.25) is 0 Å². The first-order valence-corrected chi connectivity index (χ1v) is 4.32. The molecule has 0 aromatic heterocycles. The van der Waals surface area contributed by atoms with Gasteiger partial charge in [-0.05, 0) is 26.3 Å². The Hall–Kier alpha value is -0.570. The molecule has 1 saturated heterocycles. The Morgan fingerprint density at radius 1 is 1.64 bits per heavy atom. The van der Waals surface area contributed by atoms with Crippen LogP contribution in [0.5, 0.6) is 0 Å². The molecule has 1 heterocycles. The molecule has 1 aliphatic heterocycles. The molecule has 0 amide bonds. The molecule has 0 saturated carbocycles. The van der Waals surface area contributed by atoms with E-state index in [1.807, 2.05) is 13.1 Å². The monoisotopic (exact) mass is 156 g/mol. The Morgan fingerprint density at radius 3 is 3.18 bits per heavy atom. The van der Waals surface area contributed by atoms with Crippen LogP contribution in [0.1, 0.15) is 26.2 Å². The minimum Gasteiger partial charge on any atom is -0.396 e. The molecule has 0 aromatic carbocycles. The summed E-state index contributed by atoms with van der Waals surface area (Å²) in [6.07, 6.45) is 5.65. The Balaban J connectivity index is 2.13. The third-order valence-corrected chi connectivity index (χ3v) is 1.79. The first-order valence-electron chi connectivity index (χ1n) is 4.32. The van der Waals surface area contributed by atoms with Crippen molar-refractivity contribution in [1.82, 2.24) is 5.32 Å². The van der Waals surface area contributed by atoms with Gasteiger partial charge in [0.15, 0.2) is 0 Å². The first-order chi connectivity index (χ1) is 5.43. The van der Waals surface area contributed by atoms with Gasteiger partial charge < -0.3 is 10.2 Å². The van der Waals surface area contributed by atoms with Crippen molar-refractivity contribution in [3.8, 4) is 0 Å². The Labute approximate surface area is 67.8 Å². The highest BCUT2D eigenvalue weighted by Gasteiger charge is 2.08. The summed E-state index contributed by atoms with van der Waals surface area (Å²) in [4.78, 5) is 4.87. The molecule has 3 nitrogen and oxygen atoms in total. The van der Waals surface area contributed by atoms with Gasteiger partial charge in [-0.1, -0.05) is 11.6 Å². The van der Waals surface area contributed by atoms with Crippen LogP contribution in [0.15, 0.2) is 5.16 Å². The maximum absolute atomic E-state index is 4.87. The standard InChI is InChI=1S/C8H16N2O/c1-2-11-10-7-8-5-3-4-6-9-8/h7-9H,2-6H2,1H3/b10-7-. The van der Waals surface area contributed by atoms with Crippen LogP contribution in [0.4, 0.5) is 0 Å². The fraction of sp³-hybridized carbons (Fsp3) is 0.875. The topological polar surface area (TPSA) is 33.6 Å². The number of nitrogens with zero attached hydrogens (tertiary/aromatic N) is 1. The van der Waals surface area contributed by atoms with E-state index in [-0.39, 0.29) is 0 Å². The van der Waals surface area contributed by atoms with Crippen LogP contribution in [0.3, 0.4) is 0 Å². The number of hydrogen-bond acceptors (Lipinski definition) is 3. The molecule has 1 aliphatic rings. The maximum atomic E-state index is 4.87. The van der Waals surface area contributed by atoms with E-state index in [0.29, 0.717) is 12.6 Å². The van der Waals surface area contributed by atoms with Gasteiger partial charge in [0.1, 0.15) is 6.61 Å². The van der Waals surface area contributed by atoms with Crippen LogP contribution in [0.2, 0.25) is 0 Å². The average Bonchev–Trinajstić information content (AvgIpc) is 2.07. The molecule has 1 N–H and O–H groups in total. The Kier molecular flexibility index (Phi) is 3.98. The van der Waals surface area contributed by atoms with E-state index in [1.54, 1.807) is 0 Å². The maximum Gasteiger partial charge on any atom is 0.114 e. The minimum absolute atomic E-state index is 0.440. The zero-order chi connectivity index (χ0) is 7.94. The number of hydrogen-bond donors (Lipinski definition) is 1. The highest BCUT2D eigenvalue weighted by atomic mass is 16.6. The number of rotatable bonds is 3. The van der Waals surface area contributed by atoms with Crippen LogP contribution < -0.4 is 5.32 Å². The molecule has 0 aromatic rings. The lowest BCUT2D eigenvalue weighted by atomic mass is 10.1. The Bertz CT molecular complexity index is 119. The van der Waals surface area contributed by atoms with Gasteiger partial charge in [-0.25, -0.2) is 0 Å². The van der Waals surface area contributed by atoms with Crippen molar-refractivity contribution in [1.29, 1.82) is 0 Å². The summed E-state index contributed by atoms with van der Waals surface area (Å²) >= 11 is 0. The summed E-state index contributed by atoms with van der Waals surface area (Å²) in [6, 6.07) is 0.440. The zero-order valence-corrected chi connectivity index (χ0v) is 7.05. The van der Waals surface area contributed by atoms with Gasteiger partial charge in [0.25, 0.3) is 0 Å². The van der Waals surface area contributed by atoms with E-state index in [0.717, 1.165) is 6.54 Å². The molecule has 1 unspecified atom stereocenters. The molecular weight excluding hydrogens is 140 g/mol. The van der Waals surface area contributed by atoms with Crippen molar-refractivity contribution in [2.24, 2.45) is 5.16 Å². The lowest BCUT2D eigenvalue weighted by Gasteiger charge is -2.18. The van der Waals surface area contributed by atoms with E-state index in [1.165, 1.54) is 19.3 Å². The quantitative estimate of drug-likeness (QED) is 0.491. The van der Waals surface area contributed by atoms with Crippen LogP contribution in [-0.2, 0) is 4.84 Å². The average molecular weight is 156 g/mol. The zero-order valence-electron chi connectivity index (χ0n) is 7.05. The molecule has 0 aliphatic carbocycles. The van der Waals surface area contributed by atoms with Crippen molar-refractivity contribution in [2.75, 3.05) is 13.2 Å². The minimum atomic E-state index is 0.440. The van der Waals surface area contributed by atoms with Crippen molar-refractivity contribution >= 4 is 6.21 Å². The van der Waals surface area contributed by atoms with E-state index in [2.05, 4.69) is 10.5 Å². The normalized spacial score (nSPS) is 25.7. The second-order valence-electron chi connectivity index (χ2n) is 2.73. The van der Waals surface area contributed by atoms with Gasteiger partial charge in [0, 0.05) is 6.04 Å². The van der Waals surface area contributed by atoms with Crippen molar-refractivity contribution in [3.63, 3.8) is 0 Å². The molecule has 1 fully saturated rings. The van der Waals surface area contributed by atoms with Crippen LogP contribution >= 0.6 is 0 Å². The highest BCUT2D eigenvalue weighted by Crippen LogP contribution is 2.04. The molecule has 64 valence electrons. The summed E-state index contributed by atoms with van der Waals surface area (Å²) < 4.78 is 0. The smallest absolute Gasteiger partial charge is 0.114 e. The van der Waals surface area contributed by atoms with Crippen molar-refractivity contribution in [3.05, 3.63) is 0 Å². The predicted molar refractivity (Wildman–Crippen MR) is 45.8 cm³/mol. The number of nitrogens with one attached hydrogen (secondary N) is 1. The van der Waals surface area contributed by atoms with E-state index < -0.39 is 0 Å². The summed E-state index contributed by atoms with van der Waals surface area (Å²) in [7, 11) is 0. The van der Waals surface area contributed by atoms with Crippen molar-refractivity contribution < 1.29 is 4.84 Å². The summed E-state index contributed by atoms with van der Waals surface area (Å²) in [5.74, 6) is 0. The molecule has 0 radical (unpaired) electrons. The lowest BCUT2D eigenvalue weighted by Crippen LogP contribution is -2.35. The van der Waals surface area contributed by atoms with Crippen LogP contribution in [-0.4, -0.2) is 25.4 Å². The highest BCUT2D eigenvalue weighted by molar-refractivity contribution is 5.63. The third kappa shape index (κ3) is 3.37. The molecule has 0 spiro atoms. The SMILES string of the molecule is CCO/N=C\C1CCCCN1. The first kappa shape index (κ1) is 8.53. The molecular formula is C8H16N2O. The van der Waals surface area contributed by atoms with E-state index in [4.69, 9.17) is 4.84 Å². The van der Waals surface area contributed by atoms with E-state index in [9.17, 15) is 0 Å². The number of oxime groups is 1. The summed E-state index contributed by atoms with van der Waals surface area (Å²) in [5, 5.41) is 7.17. The molecule has 1 rings (SSSR count). The van der Waals surface area contributed by atoms with Crippen molar-refractivity contribution in [2.45, 2.75) is 32.2 Å². The van der Waals surface area contributed by atoms with Gasteiger partial charge in [0.05, 0.1) is 6.21 Å². The summed E-state index contributed by atoms with van der Waals surface area (Å²) in [5.41, 5.74) is 0. The van der Waals surface area contributed by atoms with Gasteiger partial charge >= 0.3 is 0 Å². The van der Waals surface area contributed by atoms with Crippen LogP contribution in [0.25, 0.3) is 0 Å². The van der Waals surface area contributed by atoms with Gasteiger partial charge in [-0.15, -0.1) is 0 Å². The van der Waals surface area contributed by atoms with Gasteiger partial charge in [-0.2, -0.15) is 0 Å². The second kappa shape index (κ2) is 5.13. The fourth-order valence-electron chi connectivity index (χ4n) is 1.20. The van der Waals surface area contributed by atoms with Gasteiger partial charge in [0.2, 0.25) is 0 Å². The fourth-order valence-corrected chi connectivity index (χ4v) is 1.20. The predicted octanol–water partition coefficient (Wildman–Crippen LogP) is 1.15.